The fourth-order valence-corrected chi connectivity index (χ4v) is 3.29. The standard InChI is InChI=1S/C20H14ClNO2/c21-14-8-9-17-18(10-14)16-3-1-2-15(19(16)22-20(17)24)13-6-4-12(11-23)5-7-13/h2-10,23H,1,11H2. The number of hydrogen-bond acceptors (Lipinski definition) is 2. The predicted octanol–water partition coefficient (Wildman–Crippen LogP) is 4.30. The summed E-state index contributed by atoms with van der Waals surface area (Å²) >= 11 is 6.13. The van der Waals surface area contributed by atoms with Crippen molar-refractivity contribution in [3.63, 3.8) is 0 Å². The van der Waals surface area contributed by atoms with Gasteiger partial charge in [0.25, 0.3) is 5.91 Å². The Morgan fingerprint density at radius 1 is 1.00 bits per heavy atom. The number of nitrogens with zero attached hydrogens (tertiary/aromatic N) is 1. The Kier molecular flexibility index (Phi) is 3.68. The first kappa shape index (κ1) is 15.1. The number of aliphatic imine (C=N–C) groups is 1. The molecular formula is C20H14ClNO2. The SMILES string of the molecule is O=C1N=C2C(c3ccc(CO)cc3)=CCC=C2c2cc(Cl)ccc21. The van der Waals surface area contributed by atoms with Crippen molar-refractivity contribution in [2.75, 3.05) is 0 Å². The number of aliphatic hydroxyl groups is 1. The summed E-state index contributed by atoms with van der Waals surface area (Å²) in [5, 5.41) is 9.80. The van der Waals surface area contributed by atoms with Crippen molar-refractivity contribution >= 4 is 34.4 Å². The summed E-state index contributed by atoms with van der Waals surface area (Å²) in [6.45, 7) is 0.00971. The van der Waals surface area contributed by atoms with E-state index in [4.69, 9.17) is 11.6 Å². The van der Waals surface area contributed by atoms with Gasteiger partial charge >= 0.3 is 0 Å². The molecule has 1 aliphatic carbocycles. The van der Waals surface area contributed by atoms with Gasteiger partial charge in [0.2, 0.25) is 0 Å². The summed E-state index contributed by atoms with van der Waals surface area (Å²) in [5.41, 5.74) is 5.85. The molecule has 0 atom stereocenters. The second-order valence-electron chi connectivity index (χ2n) is 5.78. The van der Waals surface area contributed by atoms with Gasteiger partial charge in [0.05, 0.1) is 12.3 Å². The Bertz CT molecular complexity index is 937. The first-order chi connectivity index (χ1) is 11.7. The summed E-state index contributed by atoms with van der Waals surface area (Å²) in [4.78, 5) is 16.7. The van der Waals surface area contributed by atoms with E-state index in [2.05, 4.69) is 17.1 Å². The van der Waals surface area contributed by atoms with Gasteiger partial charge < -0.3 is 5.11 Å². The van der Waals surface area contributed by atoms with Gasteiger partial charge in [-0.15, -0.1) is 0 Å². The molecule has 1 heterocycles. The van der Waals surface area contributed by atoms with Gasteiger partial charge in [-0.2, -0.15) is 0 Å². The van der Waals surface area contributed by atoms with Crippen LogP contribution in [-0.2, 0) is 6.61 Å². The van der Waals surface area contributed by atoms with Crippen LogP contribution in [0, 0.1) is 0 Å². The van der Waals surface area contributed by atoms with Crippen LogP contribution in [0.2, 0.25) is 5.02 Å². The van der Waals surface area contributed by atoms with Crippen LogP contribution >= 0.6 is 11.6 Å². The van der Waals surface area contributed by atoms with Crippen LogP contribution in [0.3, 0.4) is 0 Å². The molecule has 4 heteroatoms. The van der Waals surface area contributed by atoms with E-state index < -0.39 is 0 Å². The monoisotopic (exact) mass is 335 g/mol. The first-order valence-corrected chi connectivity index (χ1v) is 8.09. The van der Waals surface area contributed by atoms with Gasteiger partial charge in [-0.25, -0.2) is 4.99 Å². The first-order valence-electron chi connectivity index (χ1n) is 7.71. The van der Waals surface area contributed by atoms with Crippen molar-refractivity contribution in [2.24, 2.45) is 4.99 Å². The van der Waals surface area contributed by atoms with Gasteiger partial charge in [-0.05, 0) is 41.3 Å². The topological polar surface area (TPSA) is 49.7 Å². The van der Waals surface area contributed by atoms with Crippen LogP contribution < -0.4 is 0 Å². The molecule has 118 valence electrons. The third kappa shape index (κ3) is 2.42. The molecule has 0 saturated heterocycles. The minimum Gasteiger partial charge on any atom is -0.392 e. The molecule has 0 spiro atoms. The smallest absolute Gasteiger partial charge is 0.278 e. The molecule has 0 fully saturated rings. The Morgan fingerprint density at radius 3 is 2.50 bits per heavy atom. The van der Waals surface area contributed by atoms with Crippen LogP contribution in [-0.4, -0.2) is 16.7 Å². The zero-order valence-corrected chi connectivity index (χ0v) is 13.5. The fourth-order valence-electron chi connectivity index (χ4n) is 3.12. The number of aliphatic hydroxyl groups excluding tert-OH is 1. The van der Waals surface area contributed by atoms with Gasteiger partial charge in [0, 0.05) is 21.7 Å². The molecule has 1 amide bonds. The number of halogens is 1. The molecule has 2 aromatic carbocycles. The second-order valence-corrected chi connectivity index (χ2v) is 6.22. The summed E-state index contributed by atoms with van der Waals surface area (Å²) in [5.74, 6) is -0.242. The maximum atomic E-state index is 12.4. The molecular weight excluding hydrogens is 322 g/mol. The van der Waals surface area contributed by atoms with Gasteiger partial charge in [-0.1, -0.05) is 48.0 Å². The summed E-state index contributed by atoms with van der Waals surface area (Å²) in [6.07, 6.45) is 4.91. The number of allylic oxidation sites excluding steroid dienone is 4. The number of carbonyl (C=O) groups excluding carboxylic acids is 1. The van der Waals surface area contributed by atoms with Crippen molar-refractivity contribution < 1.29 is 9.90 Å². The fraction of sp³-hybridized carbons (Fsp3) is 0.100. The van der Waals surface area contributed by atoms with Crippen LogP contribution in [0.25, 0.3) is 11.1 Å². The molecule has 24 heavy (non-hydrogen) atoms. The lowest BCUT2D eigenvalue weighted by Crippen LogP contribution is -2.18. The Morgan fingerprint density at radius 2 is 1.75 bits per heavy atom. The maximum absolute atomic E-state index is 12.4. The van der Waals surface area contributed by atoms with Crippen molar-refractivity contribution in [3.05, 3.63) is 81.9 Å². The molecule has 3 nitrogen and oxygen atoms in total. The van der Waals surface area contributed by atoms with E-state index in [-0.39, 0.29) is 12.5 Å². The Hall–Kier alpha value is -2.49. The Balaban J connectivity index is 1.81. The molecule has 2 aromatic rings. The third-order valence-corrected chi connectivity index (χ3v) is 4.55. The van der Waals surface area contributed by atoms with E-state index in [0.717, 1.165) is 34.3 Å². The molecule has 0 unspecified atom stereocenters. The minimum atomic E-state index is -0.242. The molecule has 0 aromatic heterocycles. The summed E-state index contributed by atoms with van der Waals surface area (Å²) < 4.78 is 0. The number of rotatable bonds is 2. The summed E-state index contributed by atoms with van der Waals surface area (Å²) in [7, 11) is 0. The second kappa shape index (κ2) is 5.86. The molecule has 2 aliphatic rings. The van der Waals surface area contributed by atoms with Gasteiger partial charge in [0.1, 0.15) is 0 Å². The van der Waals surface area contributed by atoms with Gasteiger partial charge in [0.15, 0.2) is 0 Å². The van der Waals surface area contributed by atoms with E-state index in [0.29, 0.717) is 16.3 Å². The average molecular weight is 336 g/mol. The number of hydrogen-bond donors (Lipinski definition) is 1. The third-order valence-electron chi connectivity index (χ3n) is 4.32. The molecule has 0 saturated carbocycles. The number of carbonyl (C=O) groups is 1. The highest BCUT2D eigenvalue weighted by atomic mass is 35.5. The van der Waals surface area contributed by atoms with Crippen LogP contribution in [0.4, 0.5) is 0 Å². The van der Waals surface area contributed by atoms with Gasteiger partial charge in [-0.3, -0.25) is 4.79 Å². The normalized spacial score (nSPS) is 15.9. The molecule has 0 bridgehead atoms. The largest absolute Gasteiger partial charge is 0.392 e. The van der Waals surface area contributed by atoms with Crippen molar-refractivity contribution in [3.8, 4) is 0 Å². The van der Waals surface area contributed by atoms with Crippen molar-refractivity contribution in [1.29, 1.82) is 0 Å². The molecule has 4 rings (SSSR count). The summed E-state index contributed by atoms with van der Waals surface area (Å²) in [6, 6.07) is 12.9. The van der Waals surface area contributed by atoms with E-state index in [1.165, 1.54) is 0 Å². The zero-order chi connectivity index (χ0) is 16.7. The van der Waals surface area contributed by atoms with Crippen LogP contribution in [0.5, 0.6) is 0 Å². The lowest BCUT2D eigenvalue weighted by molar-refractivity contribution is 0.100. The van der Waals surface area contributed by atoms with E-state index >= 15 is 0 Å². The maximum Gasteiger partial charge on any atom is 0.278 e. The highest BCUT2D eigenvalue weighted by Crippen LogP contribution is 2.37. The molecule has 1 N–H and O–H groups in total. The number of amides is 1. The van der Waals surface area contributed by atoms with Crippen LogP contribution in [0.15, 0.2) is 59.6 Å². The van der Waals surface area contributed by atoms with E-state index in [9.17, 15) is 9.90 Å². The van der Waals surface area contributed by atoms with E-state index in [1.54, 1.807) is 12.1 Å². The highest BCUT2D eigenvalue weighted by molar-refractivity contribution is 6.49. The van der Waals surface area contributed by atoms with Crippen LogP contribution in [0.1, 0.15) is 33.5 Å². The van der Waals surface area contributed by atoms with E-state index in [1.807, 2.05) is 30.3 Å². The lowest BCUT2D eigenvalue weighted by Gasteiger charge is -2.24. The molecule has 0 radical (unpaired) electrons. The Labute approximate surface area is 144 Å². The minimum absolute atomic E-state index is 0.00971. The predicted molar refractivity (Wildman–Crippen MR) is 96.2 cm³/mol. The molecule has 1 aliphatic heterocycles. The average Bonchev–Trinajstić information content (AvgIpc) is 2.61. The quantitative estimate of drug-likeness (QED) is 0.889. The number of benzene rings is 2. The lowest BCUT2D eigenvalue weighted by atomic mass is 9.83. The highest BCUT2D eigenvalue weighted by Gasteiger charge is 2.28. The zero-order valence-electron chi connectivity index (χ0n) is 12.8. The van der Waals surface area contributed by atoms with Crippen molar-refractivity contribution in [1.82, 2.24) is 0 Å². The van der Waals surface area contributed by atoms with Crippen molar-refractivity contribution in [2.45, 2.75) is 13.0 Å². The number of fused-ring (bicyclic) bond motifs is 3.